The second-order valence-corrected chi connectivity index (χ2v) is 14.3. The van der Waals surface area contributed by atoms with Gasteiger partial charge in [0, 0.05) is 26.5 Å². The third-order valence-corrected chi connectivity index (χ3v) is 11.2. The fraction of sp³-hybridized carbons (Fsp3) is 0. The molecule has 1 nitrogen and oxygen atoms in total. The summed E-state index contributed by atoms with van der Waals surface area (Å²) in [5.41, 5.74) is 15.7. The molecule has 0 N–H and O–H groups in total. The molecule has 0 atom stereocenters. The minimum Gasteiger partial charge on any atom is -0.309 e. The minimum atomic E-state index is 1.15. The summed E-state index contributed by atoms with van der Waals surface area (Å²) in [6.45, 7) is 0. The highest BCUT2D eigenvalue weighted by molar-refractivity contribution is 7.17. The molecular weight excluding hydrogens is 647 g/mol. The maximum absolute atomic E-state index is 2.50. The normalized spacial score (nSPS) is 11.5. The van der Waals surface area contributed by atoms with Gasteiger partial charge in [0.2, 0.25) is 0 Å². The molecule has 0 radical (unpaired) electrons. The Labute approximate surface area is 307 Å². The van der Waals surface area contributed by atoms with Crippen LogP contribution in [0.25, 0.3) is 93.2 Å². The van der Waals surface area contributed by atoms with Crippen LogP contribution in [-0.2, 0) is 0 Å². The molecule has 0 aliphatic rings. The van der Waals surface area contributed by atoms with Gasteiger partial charge >= 0.3 is 0 Å². The van der Waals surface area contributed by atoms with E-state index in [-0.39, 0.29) is 0 Å². The third-order valence-electron chi connectivity index (χ3n) is 10.3. The molecule has 10 rings (SSSR count). The Kier molecular flexibility index (Phi) is 7.41. The SMILES string of the molecule is c1ccc(-c2cc(-c3ccccc3)cc(-n3c4ccc(-c5c(-c6ccccc6)cccc5-c5ccccc5)cc4c4ccc5sccc5c43)c2)cc1. The number of hydrogen-bond acceptors (Lipinski definition) is 1. The molecular formula is C50H33NS. The Bertz CT molecular complexity index is 2750. The van der Waals surface area contributed by atoms with Crippen molar-refractivity contribution in [3.63, 3.8) is 0 Å². The topological polar surface area (TPSA) is 4.93 Å². The van der Waals surface area contributed by atoms with Crippen molar-refractivity contribution < 1.29 is 0 Å². The van der Waals surface area contributed by atoms with Gasteiger partial charge in [-0.05, 0) is 103 Å². The van der Waals surface area contributed by atoms with Gasteiger partial charge in [0.15, 0.2) is 0 Å². The molecule has 0 aliphatic heterocycles. The van der Waals surface area contributed by atoms with Crippen LogP contribution < -0.4 is 0 Å². The molecule has 0 fully saturated rings. The van der Waals surface area contributed by atoms with Crippen molar-refractivity contribution >= 4 is 43.2 Å². The maximum atomic E-state index is 2.50. The fourth-order valence-corrected chi connectivity index (χ4v) is 8.68. The molecule has 0 spiro atoms. The van der Waals surface area contributed by atoms with E-state index in [0.29, 0.717) is 0 Å². The zero-order valence-electron chi connectivity index (χ0n) is 28.4. The molecule has 0 saturated heterocycles. The monoisotopic (exact) mass is 679 g/mol. The van der Waals surface area contributed by atoms with E-state index in [1.807, 2.05) is 0 Å². The predicted octanol–water partition coefficient (Wildman–Crippen LogP) is 14.3. The van der Waals surface area contributed by atoms with Crippen LogP contribution in [0.15, 0.2) is 200 Å². The van der Waals surface area contributed by atoms with E-state index in [2.05, 4.69) is 204 Å². The van der Waals surface area contributed by atoms with Crippen LogP contribution in [0, 0.1) is 0 Å². The van der Waals surface area contributed by atoms with E-state index in [1.54, 1.807) is 11.3 Å². The first-order chi connectivity index (χ1) is 25.8. The molecule has 2 aromatic heterocycles. The van der Waals surface area contributed by atoms with Gasteiger partial charge < -0.3 is 4.57 Å². The van der Waals surface area contributed by atoms with Gasteiger partial charge in [-0.15, -0.1) is 11.3 Å². The zero-order valence-corrected chi connectivity index (χ0v) is 29.2. The molecule has 0 amide bonds. The van der Waals surface area contributed by atoms with E-state index < -0.39 is 0 Å². The summed E-state index contributed by atoms with van der Waals surface area (Å²) in [5, 5.41) is 6.00. The lowest BCUT2D eigenvalue weighted by atomic mass is 9.87. The summed E-state index contributed by atoms with van der Waals surface area (Å²) >= 11 is 1.80. The highest BCUT2D eigenvalue weighted by Gasteiger charge is 2.20. The predicted molar refractivity (Wildman–Crippen MR) is 223 cm³/mol. The van der Waals surface area contributed by atoms with Gasteiger partial charge in [-0.3, -0.25) is 0 Å². The second kappa shape index (κ2) is 12.7. The lowest BCUT2D eigenvalue weighted by Crippen LogP contribution is -1.96. The van der Waals surface area contributed by atoms with E-state index in [9.17, 15) is 0 Å². The van der Waals surface area contributed by atoms with E-state index in [0.717, 1.165) is 5.69 Å². The molecule has 0 unspecified atom stereocenters. The first kappa shape index (κ1) is 30.4. The number of thiophene rings is 1. The van der Waals surface area contributed by atoms with Crippen LogP contribution in [0.3, 0.4) is 0 Å². The van der Waals surface area contributed by atoms with Crippen molar-refractivity contribution in [3.05, 3.63) is 200 Å². The van der Waals surface area contributed by atoms with Crippen molar-refractivity contribution in [2.24, 2.45) is 0 Å². The zero-order chi connectivity index (χ0) is 34.4. The highest BCUT2D eigenvalue weighted by atomic mass is 32.1. The van der Waals surface area contributed by atoms with Crippen LogP contribution in [-0.4, -0.2) is 4.57 Å². The Morgan fingerprint density at radius 2 is 0.904 bits per heavy atom. The number of fused-ring (bicyclic) bond motifs is 5. The molecule has 244 valence electrons. The Morgan fingerprint density at radius 1 is 0.346 bits per heavy atom. The number of nitrogens with zero attached hydrogens (tertiary/aromatic N) is 1. The van der Waals surface area contributed by atoms with Crippen molar-refractivity contribution in [2.75, 3.05) is 0 Å². The van der Waals surface area contributed by atoms with Crippen molar-refractivity contribution in [1.29, 1.82) is 0 Å². The fourth-order valence-electron chi connectivity index (χ4n) is 7.89. The highest BCUT2D eigenvalue weighted by Crippen LogP contribution is 2.45. The van der Waals surface area contributed by atoms with E-state index >= 15 is 0 Å². The van der Waals surface area contributed by atoms with E-state index in [4.69, 9.17) is 0 Å². The maximum Gasteiger partial charge on any atom is 0.0627 e. The van der Waals surface area contributed by atoms with Crippen LogP contribution in [0.4, 0.5) is 0 Å². The lowest BCUT2D eigenvalue weighted by Gasteiger charge is -2.17. The standard InChI is InChI=1S/C50H33NS/c1-5-14-34(15-6-1)39-30-40(35-16-7-2-8-17-35)32-41(31-39)51-47-26-24-38(33-46(47)44-25-27-48-45(50(44)51)28-29-52-48)49-42(36-18-9-3-10-19-36)22-13-23-43(49)37-20-11-4-12-21-37/h1-33H. The first-order valence-electron chi connectivity index (χ1n) is 17.8. The number of hydrogen-bond donors (Lipinski definition) is 0. The molecule has 2 heterocycles. The van der Waals surface area contributed by atoms with Gasteiger partial charge in [0.25, 0.3) is 0 Å². The summed E-state index contributed by atoms with van der Waals surface area (Å²) in [7, 11) is 0. The number of rotatable bonds is 6. The average Bonchev–Trinajstić information content (AvgIpc) is 3.84. The second-order valence-electron chi connectivity index (χ2n) is 13.3. The summed E-state index contributed by atoms with van der Waals surface area (Å²) in [6.07, 6.45) is 0. The lowest BCUT2D eigenvalue weighted by molar-refractivity contribution is 1.19. The van der Waals surface area contributed by atoms with Crippen molar-refractivity contribution in [1.82, 2.24) is 4.57 Å². The third kappa shape index (κ3) is 5.16. The summed E-state index contributed by atoms with van der Waals surface area (Å²) in [4.78, 5) is 0. The van der Waals surface area contributed by atoms with Gasteiger partial charge in [-0.1, -0.05) is 152 Å². The number of benzene rings is 8. The van der Waals surface area contributed by atoms with Crippen LogP contribution in [0.5, 0.6) is 0 Å². The van der Waals surface area contributed by atoms with Gasteiger partial charge in [0.1, 0.15) is 0 Å². The Balaban J connectivity index is 1.28. The van der Waals surface area contributed by atoms with Crippen molar-refractivity contribution in [2.45, 2.75) is 0 Å². The Hall–Kier alpha value is -6.48. The van der Waals surface area contributed by atoms with E-state index in [1.165, 1.54) is 87.5 Å². The molecule has 52 heavy (non-hydrogen) atoms. The summed E-state index contributed by atoms with van der Waals surface area (Å²) in [5.74, 6) is 0. The smallest absolute Gasteiger partial charge is 0.0627 e. The van der Waals surface area contributed by atoms with Gasteiger partial charge in [0.05, 0.1) is 11.0 Å². The first-order valence-corrected chi connectivity index (χ1v) is 18.6. The van der Waals surface area contributed by atoms with Crippen molar-refractivity contribution in [3.8, 4) is 61.3 Å². The molecule has 8 aromatic carbocycles. The van der Waals surface area contributed by atoms with Crippen LogP contribution >= 0.6 is 11.3 Å². The quantitative estimate of drug-likeness (QED) is 0.165. The number of aromatic nitrogens is 1. The van der Waals surface area contributed by atoms with Crippen LogP contribution in [0.1, 0.15) is 0 Å². The molecule has 0 aliphatic carbocycles. The summed E-state index contributed by atoms with van der Waals surface area (Å²) in [6, 6.07) is 70.8. The molecule has 10 aromatic rings. The van der Waals surface area contributed by atoms with Gasteiger partial charge in [-0.25, -0.2) is 0 Å². The molecule has 0 saturated carbocycles. The average molecular weight is 680 g/mol. The minimum absolute atomic E-state index is 1.15. The van der Waals surface area contributed by atoms with Crippen LogP contribution in [0.2, 0.25) is 0 Å². The largest absolute Gasteiger partial charge is 0.309 e. The molecule has 2 heteroatoms. The summed E-state index contributed by atoms with van der Waals surface area (Å²) < 4.78 is 3.80. The molecule has 0 bridgehead atoms. The Morgan fingerprint density at radius 3 is 1.48 bits per heavy atom. The van der Waals surface area contributed by atoms with Gasteiger partial charge in [-0.2, -0.15) is 0 Å².